The summed E-state index contributed by atoms with van der Waals surface area (Å²) in [6.45, 7) is 2.02. The molecule has 0 radical (unpaired) electrons. The molecule has 19 heavy (non-hydrogen) atoms. The third-order valence-electron chi connectivity index (χ3n) is 3.53. The van der Waals surface area contributed by atoms with E-state index in [-0.39, 0.29) is 17.1 Å². The average Bonchev–Trinajstić information content (AvgIpc) is 2.75. The van der Waals surface area contributed by atoms with Gasteiger partial charge in [0.25, 0.3) is 11.6 Å². The molecule has 0 unspecified atom stereocenters. The van der Waals surface area contributed by atoms with Gasteiger partial charge in [-0.3, -0.25) is 14.9 Å². The molecule has 1 aromatic rings. The Labute approximate surface area is 119 Å². The zero-order valence-corrected chi connectivity index (χ0v) is 12.2. The van der Waals surface area contributed by atoms with Crippen molar-refractivity contribution in [3.05, 3.63) is 38.3 Å². The van der Waals surface area contributed by atoms with Crippen LogP contribution in [0, 0.1) is 10.1 Å². The number of nitrogens with one attached hydrogen (secondary N) is 1. The molecule has 1 N–H and O–H groups in total. The minimum Gasteiger partial charge on any atom is -0.347 e. The van der Waals surface area contributed by atoms with E-state index in [4.69, 9.17) is 0 Å². The third-order valence-corrected chi connectivity index (χ3v) is 4.20. The van der Waals surface area contributed by atoms with Crippen molar-refractivity contribution in [3.63, 3.8) is 0 Å². The minimum absolute atomic E-state index is 0.0933. The molecule has 0 bridgehead atoms. The summed E-state index contributed by atoms with van der Waals surface area (Å²) >= 11 is 3.11. The molecule has 0 heterocycles. The first-order chi connectivity index (χ1) is 8.91. The van der Waals surface area contributed by atoms with Gasteiger partial charge in [0, 0.05) is 17.2 Å². The highest BCUT2D eigenvalue weighted by Gasteiger charge is 2.30. The Morgan fingerprint density at radius 3 is 2.63 bits per heavy atom. The van der Waals surface area contributed by atoms with E-state index in [1.54, 1.807) is 6.07 Å². The van der Waals surface area contributed by atoms with Crippen molar-refractivity contribution in [2.24, 2.45) is 0 Å². The van der Waals surface area contributed by atoms with Crippen molar-refractivity contribution < 1.29 is 9.72 Å². The monoisotopic (exact) mass is 326 g/mol. The fourth-order valence-corrected chi connectivity index (χ4v) is 2.81. The number of rotatable bonds is 3. The van der Waals surface area contributed by atoms with Crippen molar-refractivity contribution in [3.8, 4) is 0 Å². The van der Waals surface area contributed by atoms with Crippen LogP contribution >= 0.6 is 15.9 Å². The van der Waals surface area contributed by atoms with Crippen molar-refractivity contribution in [1.82, 2.24) is 5.32 Å². The highest BCUT2D eigenvalue weighted by Crippen LogP contribution is 2.30. The van der Waals surface area contributed by atoms with Gasteiger partial charge in [-0.2, -0.15) is 0 Å². The summed E-state index contributed by atoms with van der Waals surface area (Å²) in [7, 11) is 0. The van der Waals surface area contributed by atoms with Crippen LogP contribution in [0.15, 0.2) is 22.7 Å². The lowest BCUT2D eigenvalue weighted by molar-refractivity contribution is -0.385. The summed E-state index contributed by atoms with van der Waals surface area (Å²) in [6.07, 6.45) is 4.13. The highest BCUT2D eigenvalue weighted by atomic mass is 79.9. The Hall–Kier alpha value is -1.43. The highest BCUT2D eigenvalue weighted by molar-refractivity contribution is 9.10. The maximum atomic E-state index is 12.1. The van der Waals surface area contributed by atoms with E-state index >= 15 is 0 Å². The fourth-order valence-electron chi connectivity index (χ4n) is 2.42. The van der Waals surface area contributed by atoms with Crippen molar-refractivity contribution in [1.29, 1.82) is 0 Å². The number of hydrogen-bond acceptors (Lipinski definition) is 3. The van der Waals surface area contributed by atoms with Gasteiger partial charge in [0.15, 0.2) is 0 Å². The molecule has 1 aliphatic rings. The van der Waals surface area contributed by atoms with Crippen LogP contribution in [0.25, 0.3) is 0 Å². The van der Waals surface area contributed by atoms with Gasteiger partial charge in [-0.25, -0.2) is 0 Å². The zero-order chi connectivity index (χ0) is 14.0. The Morgan fingerprint density at radius 1 is 1.42 bits per heavy atom. The first kappa shape index (κ1) is 14.0. The Morgan fingerprint density at radius 2 is 2.05 bits per heavy atom. The molecule has 0 saturated heterocycles. The molecule has 0 aromatic heterocycles. The van der Waals surface area contributed by atoms with E-state index in [1.165, 1.54) is 12.1 Å². The number of amides is 1. The second kappa shape index (κ2) is 5.28. The summed E-state index contributed by atoms with van der Waals surface area (Å²) < 4.78 is 0.376. The second-order valence-corrected chi connectivity index (χ2v) is 6.00. The molecule has 6 heteroatoms. The SMILES string of the molecule is CC1(NC(=O)c2ccc(Br)c([N+](=O)[O-])c2)CCCC1. The molecular formula is C13H15BrN2O3. The van der Waals surface area contributed by atoms with Gasteiger partial charge in [0.1, 0.15) is 0 Å². The first-order valence-electron chi connectivity index (χ1n) is 6.18. The van der Waals surface area contributed by atoms with Gasteiger partial charge in [0.05, 0.1) is 9.40 Å². The summed E-state index contributed by atoms with van der Waals surface area (Å²) in [4.78, 5) is 22.5. The summed E-state index contributed by atoms with van der Waals surface area (Å²) in [5.41, 5.74) is 0.0473. The number of carbonyl (C=O) groups is 1. The third kappa shape index (κ3) is 3.12. The van der Waals surface area contributed by atoms with Crippen LogP contribution in [0.3, 0.4) is 0 Å². The Bertz CT molecular complexity index is 525. The van der Waals surface area contributed by atoms with Gasteiger partial charge >= 0.3 is 0 Å². The van der Waals surface area contributed by atoms with Gasteiger partial charge in [0.2, 0.25) is 0 Å². The Kier molecular flexibility index (Phi) is 3.89. The standard InChI is InChI=1S/C13H15BrN2O3/c1-13(6-2-3-7-13)15-12(17)9-4-5-10(14)11(8-9)16(18)19/h4-5,8H,2-3,6-7H2,1H3,(H,15,17). The van der Waals surface area contributed by atoms with E-state index in [1.807, 2.05) is 6.92 Å². The number of halogens is 1. The van der Waals surface area contributed by atoms with Crippen molar-refractivity contribution in [2.75, 3.05) is 0 Å². The van der Waals surface area contributed by atoms with Crippen LogP contribution in [0.1, 0.15) is 43.0 Å². The molecule has 1 fully saturated rings. The predicted octanol–water partition coefficient (Wildman–Crippen LogP) is 3.42. The lowest BCUT2D eigenvalue weighted by Crippen LogP contribution is -2.43. The van der Waals surface area contributed by atoms with E-state index in [2.05, 4.69) is 21.2 Å². The predicted molar refractivity (Wildman–Crippen MR) is 75.1 cm³/mol. The molecule has 0 spiro atoms. The number of benzene rings is 1. The lowest BCUT2D eigenvalue weighted by Gasteiger charge is -2.25. The van der Waals surface area contributed by atoms with E-state index in [0.29, 0.717) is 10.0 Å². The number of nitrogens with zero attached hydrogens (tertiary/aromatic N) is 1. The van der Waals surface area contributed by atoms with E-state index in [9.17, 15) is 14.9 Å². The van der Waals surface area contributed by atoms with Crippen LogP contribution < -0.4 is 5.32 Å². The smallest absolute Gasteiger partial charge is 0.284 e. The molecule has 102 valence electrons. The maximum Gasteiger partial charge on any atom is 0.284 e. The maximum absolute atomic E-state index is 12.1. The van der Waals surface area contributed by atoms with Gasteiger partial charge in [-0.1, -0.05) is 12.8 Å². The average molecular weight is 327 g/mol. The molecule has 5 nitrogen and oxygen atoms in total. The molecule has 1 saturated carbocycles. The summed E-state index contributed by atoms with van der Waals surface area (Å²) in [5, 5.41) is 13.8. The van der Waals surface area contributed by atoms with Crippen LogP contribution in [-0.2, 0) is 0 Å². The van der Waals surface area contributed by atoms with Crippen LogP contribution in [0.2, 0.25) is 0 Å². The summed E-state index contributed by atoms with van der Waals surface area (Å²) in [6, 6.07) is 4.42. The minimum atomic E-state index is -0.502. The zero-order valence-electron chi connectivity index (χ0n) is 10.6. The fraction of sp³-hybridized carbons (Fsp3) is 0.462. The number of nitro groups is 1. The quantitative estimate of drug-likeness (QED) is 0.683. The van der Waals surface area contributed by atoms with Gasteiger partial charge < -0.3 is 5.32 Å². The normalized spacial score (nSPS) is 17.2. The number of nitro benzene ring substituents is 1. The van der Waals surface area contributed by atoms with Crippen LogP contribution in [0.5, 0.6) is 0 Å². The first-order valence-corrected chi connectivity index (χ1v) is 6.97. The molecule has 1 aliphatic carbocycles. The molecular weight excluding hydrogens is 312 g/mol. The molecule has 1 aromatic carbocycles. The lowest BCUT2D eigenvalue weighted by atomic mass is 10.00. The largest absolute Gasteiger partial charge is 0.347 e. The second-order valence-electron chi connectivity index (χ2n) is 5.15. The summed E-state index contributed by atoms with van der Waals surface area (Å²) in [5.74, 6) is -0.250. The van der Waals surface area contributed by atoms with Crippen LogP contribution in [-0.4, -0.2) is 16.4 Å². The molecule has 0 atom stereocenters. The van der Waals surface area contributed by atoms with E-state index < -0.39 is 4.92 Å². The van der Waals surface area contributed by atoms with Crippen LogP contribution in [0.4, 0.5) is 5.69 Å². The van der Waals surface area contributed by atoms with Crippen molar-refractivity contribution in [2.45, 2.75) is 38.1 Å². The topological polar surface area (TPSA) is 72.2 Å². The Balaban J connectivity index is 2.19. The van der Waals surface area contributed by atoms with E-state index in [0.717, 1.165) is 25.7 Å². The number of carbonyl (C=O) groups excluding carboxylic acids is 1. The van der Waals surface area contributed by atoms with Crippen molar-refractivity contribution >= 4 is 27.5 Å². The van der Waals surface area contributed by atoms with Gasteiger partial charge in [-0.05, 0) is 47.8 Å². The molecule has 1 amide bonds. The van der Waals surface area contributed by atoms with Gasteiger partial charge in [-0.15, -0.1) is 0 Å². The molecule has 2 rings (SSSR count). The number of hydrogen-bond donors (Lipinski definition) is 1. The molecule has 0 aliphatic heterocycles.